The van der Waals surface area contributed by atoms with Crippen LogP contribution in [0.5, 0.6) is 0 Å². The van der Waals surface area contributed by atoms with Crippen molar-refractivity contribution in [1.82, 2.24) is 4.90 Å². The number of hydrogen-bond acceptors (Lipinski definition) is 8. The van der Waals surface area contributed by atoms with Crippen LogP contribution in [0.2, 0.25) is 0 Å². The summed E-state index contributed by atoms with van der Waals surface area (Å²) < 4.78 is 10.9. The minimum Gasteiger partial charge on any atom is -0.463 e. The zero-order chi connectivity index (χ0) is 23.4. The molecule has 0 spiro atoms. The van der Waals surface area contributed by atoms with Gasteiger partial charge in [-0.15, -0.1) is 0 Å². The molecule has 1 aromatic rings. The number of nitro groups is 1. The first kappa shape index (κ1) is 23.4. The molecule has 2 unspecified atom stereocenters. The molecule has 1 aromatic carbocycles. The summed E-state index contributed by atoms with van der Waals surface area (Å²) in [7, 11) is 0. The highest BCUT2D eigenvalue weighted by Crippen LogP contribution is 2.42. The van der Waals surface area contributed by atoms with Crippen molar-refractivity contribution in [2.75, 3.05) is 19.7 Å². The molecule has 9 nitrogen and oxygen atoms in total. The van der Waals surface area contributed by atoms with Gasteiger partial charge in [-0.2, -0.15) is 0 Å². The number of rotatable bonds is 7. The Balaban J connectivity index is 2.23. The highest BCUT2D eigenvalue weighted by atomic mass is 16.6. The van der Waals surface area contributed by atoms with Crippen LogP contribution >= 0.6 is 0 Å². The second-order valence-corrected chi connectivity index (χ2v) is 8.20. The molecule has 1 fully saturated rings. The lowest BCUT2D eigenvalue weighted by Crippen LogP contribution is -2.40. The maximum absolute atomic E-state index is 13.2. The predicted octanol–water partition coefficient (Wildman–Crippen LogP) is 3.59. The summed E-state index contributed by atoms with van der Waals surface area (Å²) in [5, 5.41) is 11.4. The smallest absolute Gasteiger partial charge is 0.338 e. The van der Waals surface area contributed by atoms with Gasteiger partial charge in [0.1, 0.15) is 11.7 Å². The summed E-state index contributed by atoms with van der Waals surface area (Å²) in [4.78, 5) is 44.0. The van der Waals surface area contributed by atoms with Gasteiger partial charge in [0.15, 0.2) is 0 Å². The average Bonchev–Trinajstić information content (AvgIpc) is 3.27. The maximum Gasteiger partial charge on any atom is 0.338 e. The second kappa shape index (κ2) is 9.93. The normalized spacial score (nSPS) is 20.9. The van der Waals surface area contributed by atoms with Crippen molar-refractivity contribution >= 4 is 23.3 Å². The number of carbonyl (C=O) groups excluding carboxylic acids is 2. The van der Waals surface area contributed by atoms with Crippen molar-refractivity contribution in [3.8, 4) is 0 Å². The number of carbonyl (C=O) groups is 2. The highest BCUT2D eigenvalue weighted by molar-refractivity contribution is 6.07. The molecule has 0 aliphatic carbocycles. The minimum absolute atomic E-state index is 0.121. The van der Waals surface area contributed by atoms with Crippen LogP contribution in [0.4, 0.5) is 5.69 Å². The van der Waals surface area contributed by atoms with Gasteiger partial charge in [-0.05, 0) is 46.1 Å². The molecular weight excluding hydrogens is 414 g/mol. The van der Waals surface area contributed by atoms with Gasteiger partial charge in [-0.3, -0.25) is 14.9 Å². The number of likely N-dealkylation sites (tertiary alicyclic amines) is 1. The SMILES string of the molecule is CCOC(=O)C1=C(N2CCCC2)N=C(C)C(C(=O)OC(C)C)C1c1cccc([N+](=O)[O-])c1. The molecule has 172 valence electrons. The molecule has 9 heteroatoms. The van der Waals surface area contributed by atoms with Crippen LogP contribution < -0.4 is 0 Å². The summed E-state index contributed by atoms with van der Waals surface area (Å²) >= 11 is 0. The summed E-state index contributed by atoms with van der Waals surface area (Å²) in [6.07, 6.45) is 1.57. The number of hydrogen-bond donors (Lipinski definition) is 0. The van der Waals surface area contributed by atoms with Crippen LogP contribution in [0, 0.1) is 16.0 Å². The third kappa shape index (κ3) is 4.81. The number of non-ortho nitro benzene ring substituents is 1. The second-order valence-electron chi connectivity index (χ2n) is 8.20. The van der Waals surface area contributed by atoms with Gasteiger partial charge in [0.2, 0.25) is 0 Å². The van der Waals surface area contributed by atoms with E-state index in [0.29, 0.717) is 17.1 Å². The van der Waals surface area contributed by atoms with E-state index < -0.39 is 28.7 Å². The Morgan fingerprint density at radius 3 is 2.56 bits per heavy atom. The van der Waals surface area contributed by atoms with E-state index in [1.165, 1.54) is 12.1 Å². The molecule has 0 N–H and O–H groups in total. The highest BCUT2D eigenvalue weighted by Gasteiger charge is 2.45. The molecule has 0 aromatic heterocycles. The lowest BCUT2D eigenvalue weighted by molar-refractivity contribution is -0.384. The number of aliphatic imine (C=N–C) groups is 1. The molecule has 32 heavy (non-hydrogen) atoms. The van der Waals surface area contributed by atoms with Gasteiger partial charge in [-0.1, -0.05) is 12.1 Å². The number of ether oxygens (including phenoxy) is 2. The van der Waals surface area contributed by atoms with E-state index in [0.717, 1.165) is 25.9 Å². The van der Waals surface area contributed by atoms with E-state index in [-0.39, 0.29) is 24.0 Å². The van der Waals surface area contributed by atoms with Crippen LogP contribution in [-0.2, 0) is 19.1 Å². The fraction of sp³-hybridized carbons (Fsp3) is 0.522. The Labute approximate surface area is 187 Å². The van der Waals surface area contributed by atoms with E-state index >= 15 is 0 Å². The summed E-state index contributed by atoms with van der Waals surface area (Å²) in [5.74, 6) is -2.34. The molecule has 2 atom stereocenters. The van der Waals surface area contributed by atoms with Crippen LogP contribution in [0.3, 0.4) is 0 Å². The van der Waals surface area contributed by atoms with Gasteiger partial charge in [0.25, 0.3) is 5.69 Å². The topological polar surface area (TPSA) is 111 Å². The van der Waals surface area contributed by atoms with Crippen molar-refractivity contribution in [1.29, 1.82) is 0 Å². The van der Waals surface area contributed by atoms with E-state index in [2.05, 4.69) is 4.99 Å². The summed E-state index contributed by atoms with van der Waals surface area (Å²) in [6, 6.07) is 6.02. The van der Waals surface area contributed by atoms with Crippen molar-refractivity contribution < 1.29 is 24.0 Å². The largest absolute Gasteiger partial charge is 0.463 e. The average molecular weight is 444 g/mol. The first-order chi connectivity index (χ1) is 15.2. The van der Waals surface area contributed by atoms with Crippen LogP contribution in [0.25, 0.3) is 0 Å². The molecule has 1 saturated heterocycles. The van der Waals surface area contributed by atoms with Crippen molar-refractivity contribution in [2.45, 2.75) is 52.6 Å². The number of nitro benzene ring substituents is 1. The summed E-state index contributed by atoms with van der Waals surface area (Å²) in [5.41, 5.74) is 1.09. The zero-order valence-corrected chi connectivity index (χ0v) is 18.9. The van der Waals surface area contributed by atoms with Gasteiger partial charge in [0.05, 0.1) is 23.2 Å². The first-order valence-corrected chi connectivity index (χ1v) is 10.9. The van der Waals surface area contributed by atoms with Crippen LogP contribution in [0.15, 0.2) is 40.7 Å². The standard InChI is InChI=1S/C23H29N3O6/c1-5-31-22(27)20-19(16-9-8-10-17(13-16)26(29)30)18(23(28)32-14(2)3)15(4)24-21(20)25-11-6-7-12-25/h8-10,13-14,18-19H,5-7,11-12H2,1-4H3. The van der Waals surface area contributed by atoms with E-state index in [1.807, 2.05) is 4.90 Å². The van der Waals surface area contributed by atoms with Crippen molar-refractivity contribution in [3.63, 3.8) is 0 Å². The monoisotopic (exact) mass is 443 g/mol. The van der Waals surface area contributed by atoms with Gasteiger partial charge in [-0.25, -0.2) is 9.79 Å². The molecule has 0 bridgehead atoms. The van der Waals surface area contributed by atoms with Gasteiger partial charge < -0.3 is 14.4 Å². The number of esters is 2. The van der Waals surface area contributed by atoms with Gasteiger partial charge in [0, 0.05) is 36.9 Å². The Kier molecular flexibility index (Phi) is 7.27. The fourth-order valence-corrected chi connectivity index (χ4v) is 4.24. The first-order valence-electron chi connectivity index (χ1n) is 10.9. The van der Waals surface area contributed by atoms with Crippen molar-refractivity contribution in [2.24, 2.45) is 10.9 Å². The summed E-state index contributed by atoms with van der Waals surface area (Å²) in [6.45, 7) is 8.55. The molecular formula is C23H29N3O6. The number of nitrogens with zero attached hydrogens (tertiary/aromatic N) is 3. The predicted molar refractivity (Wildman–Crippen MR) is 118 cm³/mol. The quantitative estimate of drug-likeness (QED) is 0.360. The molecule has 3 rings (SSSR count). The van der Waals surface area contributed by atoms with E-state index in [4.69, 9.17) is 9.47 Å². The Morgan fingerprint density at radius 2 is 1.97 bits per heavy atom. The maximum atomic E-state index is 13.2. The van der Waals surface area contributed by atoms with E-state index in [9.17, 15) is 19.7 Å². The lowest BCUT2D eigenvalue weighted by atomic mass is 9.76. The zero-order valence-electron chi connectivity index (χ0n) is 18.9. The van der Waals surface area contributed by atoms with Gasteiger partial charge >= 0.3 is 11.9 Å². The Morgan fingerprint density at radius 1 is 1.28 bits per heavy atom. The fourth-order valence-electron chi connectivity index (χ4n) is 4.24. The molecule has 2 aliphatic rings. The molecule has 0 saturated carbocycles. The molecule has 2 aliphatic heterocycles. The third-order valence-electron chi connectivity index (χ3n) is 5.56. The van der Waals surface area contributed by atoms with Crippen molar-refractivity contribution in [3.05, 3.63) is 51.3 Å². The Hall–Kier alpha value is -3.23. The third-order valence-corrected chi connectivity index (χ3v) is 5.56. The minimum atomic E-state index is -0.898. The molecule has 0 radical (unpaired) electrons. The van der Waals surface area contributed by atoms with E-state index in [1.54, 1.807) is 39.8 Å². The Bertz CT molecular complexity index is 962. The lowest BCUT2D eigenvalue weighted by Gasteiger charge is -2.35. The molecule has 0 amide bonds. The number of benzene rings is 1. The van der Waals surface area contributed by atoms with Crippen LogP contribution in [0.1, 0.15) is 52.0 Å². The van der Waals surface area contributed by atoms with Crippen LogP contribution in [-0.4, -0.2) is 53.3 Å². The molecule has 2 heterocycles.